The highest BCUT2D eigenvalue weighted by Crippen LogP contribution is 2.23. The summed E-state index contributed by atoms with van der Waals surface area (Å²) in [6.07, 6.45) is 5.60. The van der Waals surface area contributed by atoms with Crippen LogP contribution in [0.1, 0.15) is 46.0 Å². The Morgan fingerprint density at radius 2 is 1.94 bits per heavy atom. The number of amides is 2. The lowest BCUT2D eigenvalue weighted by atomic mass is 9.95. The van der Waals surface area contributed by atoms with Crippen molar-refractivity contribution in [3.8, 4) is 5.75 Å². The first-order valence-electron chi connectivity index (χ1n) is 11.4. The Kier molecular flexibility index (Phi) is 9.80. The number of fused-ring (bicyclic) bond motifs is 1. The molecule has 1 aliphatic carbocycles. The number of nitrogens with zero attached hydrogens (tertiary/aromatic N) is 2. The van der Waals surface area contributed by atoms with E-state index >= 15 is 0 Å². The van der Waals surface area contributed by atoms with E-state index in [0.29, 0.717) is 17.2 Å². The molecule has 0 radical (unpaired) electrons. The molecule has 0 unspecified atom stereocenters. The van der Waals surface area contributed by atoms with Crippen LogP contribution in [0.3, 0.4) is 0 Å². The zero-order valence-electron chi connectivity index (χ0n) is 19.1. The van der Waals surface area contributed by atoms with Crippen LogP contribution in [-0.4, -0.2) is 53.1 Å². The fourth-order valence-corrected chi connectivity index (χ4v) is 5.46. The molecule has 1 saturated carbocycles. The van der Waals surface area contributed by atoms with Gasteiger partial charge in [-0.05, 0) is 44.9 Å². The van der Waals surface area contributed by atoms with Gasteiger partial charge in [-0.15, -0.1) is 11.8 Å². The first kappa shape index (κ1) is 25.3. The number of esters is 1. The number of benzene rings is 1. The molecule has 1 fully saturated rings. The maximum atomic E-state index is 12.5. The number of aromatic nitrogens is 1. The third-order valence-corrected chi connectivity index (χ3v) is 7.17. The summed E-state index contributed by atoms with van der Waals surface area (Å²) in [6.45, 7) is 4.44. The third-order valence-electron chi connectivity index (χ3n) is 5.21. The van der Waals surface area contributed by atoms with Crippen LogP contribution in [0.5, 0.6) is 5.75 Å². The van der Waals surface area contributed by atoms with Gasteiger partial charge in [0.25, 0.3) is 5.91 Å². The van der Waals surface area contributed by atoms with E-state index in [9.17, 15) is 14.4 Å². The summed E-state index contributed by atoms with van der Waals surface area (Å²) in [7, 11) is 0. The summed E-state index contributed by atoms with van der Waals surface area (Å²) >= 11 is 2.56. The SMILES string of the molecule is CCOC(=O)Cn1c(=NC(=O)CSCC(=O)NC2CCCCC2)sc2cc(OCC)ccc21. The van der Waals surface area contributed by atoms with E-state index in [4.69, 9.17) is 9.47 Å². The Balaban J connectivity index is 1.68. The largest absolute Gasteiger partial charge is 0.494 e. The lowest BCUT2D eigenvalue weighted by molar-refractivity contribution is -0.143. The van der Waals surface area contributed by atoms with E-state index < -0.39 is 5.97 Å². The van der Waals surface area contributed by atoms with Crippen molar-refractivity contribution in [3.63, 3.8) is 0 Å². The van der Waals surface area contributed by atoms with Gasteiger partial charge in [0, 0.05) is 6.04 Å². The minimum Gasteiger partial charge on any atom is -0.494 e. The predicted molar refractivity (Wildman–Crippen MR) is 131 cm³/mol. The van der Waals surface area contributed by atoms with Crippen LogP contribution in [0.15, 0.2) is 23.2 Å². The van der Waals surface area contributed by atoms with E-state index in [1.807, 2.05) is 25.1 Å². The van der Waals surface area contributed by atoms with Crippen LogP contribution < -0.4 is 14.9 Å². The molecular formula is C23H31N3O5S2. The van der Waals surface area contributed by atoms with Crippen molar-refractivity contribution in [2.45, 2.75) is 58.5 Å². The van der Waals surface area contributed by atoms with Crippen LogP contribution in [0.25, 0.3) is 10.2 Å². The van der Waals surface area contributed by atoms with Crippen molar-refractivity contribution in [2.24, 2.45) is 4.99 Å². The molecule has 1 aromatic carbocycles. The van der Waals surface area contributed by atoms with Crippen LogP contribution in [0.4, 0.5) is 0 Å². The molecule has 2 amide bonds. The van der Waals surface area contributed by atoms with Crippen LogP contribution in [0.2, 0.25) is 0 Å². The minimum absolute atomic E-state index is 0.0368. The van der Waals surface area contributed by atoms with Gasteiger partial charge in [0.1, 0.15) is 12.3 Å². The molecule has 0 saturated heterocycles. The van der Waals surface area contributed by atoms with Crippen molar-refractivity contribution >= 4 is 51.1 Å². The van der Waals surface area contributed by atoms with Crippen molar-refractivity contribution < 1.29 is 23.9 Å². The number of carbonyl (C=O) groups is 3. The van der Waals surface area contributed by atoms with Gasteiger partial charge in [-0.3, -0.25) is 14.4 Å². The average Bonchev–Trinajstić information content (AvgIpc) is 3.10. The minimum atomic E-state index is -0.395. The van der Waals surface area contributed by atoms with E-state index in [1.54, 1.807) is 11.5 Å². The fraction of sp³-hybridized carbons (Fsp3) is 0.565. The molecule has 10 heteroatoms. The maximum absolute atomic E-state index is 12.5. The molecule has 1 aromatic heterocycles. The second-order valence-electron chi connectivity index (χ2n) is 7.74. The monoisotopic (exact) mass is 493 g/mol. The number of thioether (sulfide) groups is 1. The van der Waals surface area contributed by atoms with Gasteiger partial charge in [-0.2, -0.15) is 4.99 Å². The highest BCUT2D eigenvalue weighted by atomic mass is 32.2. The number of thiazole rings is 1. The maximum Gasteiger partial charge on any atom is 0.326 e. The molecule has 33 heavy (non-hydrogen) atoms. The van der Waals surface area contributed by atoms with Crippen molar-refractivity contribution in [3.05, 3.63) is 23.0 Å². The first-order chi connectivity index (χ1) is 16.0. The number of carbonyl (C=O) groups excluding carboxylic acids is 3. The smallest absolute Gasteiger partial charge is 0.326 e. The average molecular weight is 494 g/mol. The molecule has 1 N–H and O–H groups in total. The van der Waals surface area contributed by atoms with Crippen molar-refractivity contribution in [1.29, 1.82) is 0 Å². The van der Waals surface area contributed by atoms with E-state index in [2.05, 4.69) is 10.3 Å². The van der Waals surface area contributed by atoms with Crippen molar-refractivity contribution in [1.82, 2.24) is 9.88 Å². The Morgan fingerprint density at radius 3 is 2.67 bits per heavy atom. The summed E-state index contributed by atoms with van der Waals surface area (Å²) in [5.74, 6) is 0.253. The molecule has 0 aliphatic heterocycles. The van der Waals surface area contributed by atoms with Gasteiger partial charge in [0.2, 0.25) is 5.91 Å². The lowest BCUT2D eigenvalue weighted by Crippen LogP contribution is -2.37. The van der Waals surface area contributed by atoms with E-state index in [1.165, 1.54) is 29.5 Å². The second-order valence-corrected chi connectivity index (χ2v) is 9.73. The quantitative estimate of drug-likeness (QED) is 0.510. The Morgan fingerprint density at radius 1 is 1.15 bits per heavy atom. The summed E-state index contributed by atoms with van der Waals surface area (Å²) in [6, 6.07) is 5.81. The molecule has 180 valence electrons. The summed E-state index contributed by atoms with van der Waals surface area (Å²) in [5, 5.41) is 3.05. The summed E-state index contributed by atoms with van der Waals surface area (Å²) in [4.78, 5) is 41.5. The molecule has 0 spiro atoms. The normalized spacial score (nSPS) is 14.9. The van der Waals surface area contributed by atoms with Gasteiger partial charge < -0.3 is 19.4 Å². The van der Waals surface area contributed by atoms with E-state index in [0.717, 1.165) is 35.9 Å². The molecule has 1 aliphatic rings. The van der Waals surface area contributed by atoms with Crippen LogP contribution in [-0.2, 0) is 25.7 Å². The van der Waals surface area contributed by atoms with Crippen LogP contribution >= 0.6 is 23.1 Å². The molecule has 3 rings (SSSR count). The Bertz CT molecular complexity index is 1040. The van der Waals surface area contributed by atoms with Gasteiger partial charge in [0.05, 0.1) is 34.9 Å². The highest BCUT2D eigenvalue weighted by Gasteiger charge is 2.16. The Labute approximate surface area is 201 Å². The highest BCUT2D eigenvalue weighted by molar-refractivity contribution is 8.00. The number of ether oxygens (including phenoxy) is 2. The van der Waals surface area contributed by atoms with Crippen molar-refractivity contribution in [2.75, 3.05) is 24.7 Å². The van der Waals surface area contributed by atoms with Gasteiger partial charge in [0.15, 0.2) is 4.80 Å². The molecule has 0 atom stereocenters. The predicted octanol–water partition coefficient (Wildman–Crippen LogP) is 3.27. The Hall–Kier alpha value is -2.33. The first-order valence-corrected chi connectivity index (χ1v) is 13.3. The number of rotatable bonds is 10. The van der Waals surface area contributed by atoms with Gasteiger partial charge >= 0.3 is 5.97 Å². The molecule has 1 heterocycles. The topological polar surface area (TPSA) is 99.0 Å². The number of hydrogen-bond acceptors (Lipinski definition) is 7. The standard InChI is InChI=1S/C23H31N3O5S2/c1-3-30-17-10-11-18-19(12-17)33-23(26(18)13-22(29)31-4-2)25-21(28)15-32-14-20(27)24-16-8-6-5-7-9-16/h10-12,16H,3-9,13-15H2,1-2H3,(H,24,27). The second kappa shape index (κ2) is 12.8. The van der Waals surface area contributed by atoms with Crippen LogP contribution in [0, 0.1) is 0 Å². The number of hydrogen-bond donors (Lipinski definition) is 1. The van der Waals surface area contributed by atoms with Gasteiger partial charge in [-0.1, -0.05) is 30.6 Å². The molecule has 2 aromatic rings. The molecular weight excluding hydrogens is 462 g/mol. The summed E-state index contributed by atoms with van der Waals surface area (Å²) in [5.41, 5.74) is 0.780. The zero-order chi connectivity index (χ0) is 23.6. The lowest BCUT2D eigenvalue weighted by Gasteiger charge is -2.22. The summed E-state index contributed by atoms with van der Waals surface area (Å²) < 4.78 is 13.2. The molecule has 0 bridgehead atoms. The third kappa shape index (κ3) is 7.60. The zero-order valence-corrected chi connectivity index (χ0v) is 20.8. The fourth-order valence-electron chi connectivity index (χ4n) is 3.77. The van der Waals surface area contributed by atoms with E-state index in [-0.39, 0.29) is 42.5 Å². The van der Waals surface area contributed by atoms with Gasteiger partial charge in [-0.25, -0.2) is 0 Å². The molecule has 8 nitrogen and oxygen atoms in total. The number of nitrogens with one attached hydrogen (secondary N) is 1.